The monoisotopic (exact) mass is 292 g/mol. The Hall–Kier alpha value is -0.960. The highest BCUT2D eigenvalue weighted by atomic mass is 32.2. The summed E-state index contributed by atoms with van der Waals surface area (Å²) in [6.07, 6.45) is 0.663. The maximum absolute atomic E-state index is 12.0. The number of ether oxygens (including phenoxy) is 1. The number of hydrogen-bond donors (Lipinski definition) is 2. The summed E-state index contributed by atoms with van der Waals surface area (Å²) in [7, 11) is -2.52. The van der Waals surface area contributed by atoms with Gasteiger partial charge in [-0.05, 0) is 17.9 Å². The van der Waals surface area contributed by atoms with Gasteiger partial charge in [-0.3, -0.25) is 0 Å². The summed E-state index contributed by atoms with van der Waals surface area (Å²) in [5.74, 6) is -0.662. The molecule has 0 fully saturated rings. The van der Waals surface area contributed by atoms with E-state index >= 15 is 0 Å². The molecular weight excluding hydrogens is 276 g/mol. The van der Waals surface area contributed by atoms with Gasteiger partial charge in [0, 0.05) is 12.6 Å². The van der Waals surface area contributed by atoms with Crippen LogP contribution < -0.4 is 10.5 Å². The smallest absolute Gasteiger partial charge is 0.349 e. The molecule has 0 aliphatic carbocycles. The predicted molar refractivity (Wildman–Crippen MR) is 69.1 cm³/mol. The number of esters is 1. The van der Waals surface area contributed by atoms with Crippen molar-refractivity contribution in [2.75, 3.05) is 13.7 Å². The Morgan fingerprint density at radius 3 is 2.83 bits per heavy atom. The van der Waals surface area contributed by atoms with E-state index in [1.54, 1.807) is 0 Å². The lowest BCUT2D eigenvalue weighted by atomic mass is 10.2. The van der Waals surface area contributed by atoms with Crippen LogP contribution in [0.2, 0.25) is 0 Å². The Morgan fingerprint density at radius 2 is 2.28 bits per heavy atom. The molecule has 0 aromatic carbocycles. The number of methoxy groups -OCH3 is 1. The van der Waals surface area contributed by atoms with Crippen LogP contribution in [-0.4, -0.2) is 34.1 Å². The Labute approximate surface area is 110 Å². The molecule has 18 heavy (non-hydrogen) atoms. The van der Waals surface area contributed by atoms with Gasteiger partial charge in [0.1, 0.15) is 9.77 Å². The second kappa shape index (κ2) is 6.28. The summed E-state index contributed by atoms with van der Waals surface area (Å²) in [5, 5.41) is 1.53. The summed E-state index contributed by atoms with van der Waals surface area (Å²) in [6, 6.07) is 1.12. The number of carbonyl (C=O) groups excluding carboxylic acids is 1. The fourth-order valence-corrected chi connectivity index (χ4v) is 3.62. The summed E-state index contributed by atoms with van der Waals surface area (Å²) in [5.41, 5.74) is 5.64. The van der Waals surface area contributed by atoms with Crippen LogP contribution in [0.15, 0.2) is 16.3 Å². The lowest BCUT2D eigenvalue weighted by Gasteiger charge is -2.10. The van der Waals surface area contributed by atoms with Crippen LogP contribution in [0.3, 0.4) is 0 Å². The largest absolute Gasteiger partial charge is 0.465 e. The van der Waals surface area contributed by atoms with Crippen molar-refractivity contribution < 1.29 is 17.9 Å². The standard InChI is InChI=1S/C10H16N2O4S2/c1-3-7(11)6-12-18(14,15)8-4-5-17-9(8)10(13)16-2/h4-5,7,12H,3,6,11H2,1-2H3. The average molecular weight is 292 g/mol. The zero-order chi connectivity index (χ0) is 13.8. The molecular formula is C10H16N2O4S2. The van der Waals surface area contributed by atoms with Crippen molar-refractivity contribution in [3.63, 3.8) is 0 Å². The molecule has 0 saturated carbocycles. The molecule has 0 bridgehead atoms. The van der Waals surface area contributed by atoms with Crippen molar-refractivity contribution in [2.45, 2.75) is 24.3 Å². The minimum absolute atomic E-state index is 0.0649. The Morgan fingerprint density at radius 1 is 1.61 bits per heavy atom. The first-order chi connectivity index (χ1) is 8.42. The molecule has 102 valence electrons. The van der Waals surface area contributed by atoms with Crippen molar-refractivity contribution in [1.29, 1.82) is 0 Å². The highest BCUT2D eigenvalue weighted by Gasteiger charge is 2.24. The van der Waals surface area contributed by atoms with Crippen LogP contribution >= 0.6 is 11.3 Å². The molecule has 6 nitrogen and oxygen atoms in total. The van der Waals surface area contributed by atoms with Crippen molar-refractivity contribution in [3.8, 4) is 0 Å². The first kappa shape index (κ1) is 15.1. The number of nitrogens with one attached hydrogen (secondary N) is 1. The molecule has 1 atom stereocenters. The summed E-state index contributed by atoms with van der Waals surface area (Å²) < 4.78 is 30.9. The highest BCUT2D eigenvalue weighted by molar-refractivity contribution is 7.89. The maximum atomic E-state index is 12.0. The summed E-state index contributed by atoms with van der Waals surface area (Å²) in [4.78, 5) is 11.4. The van der Waals surface area contributed by atoms with E-state index in [1.807, 2.05) is 6.92 Å². The molecule has 1 heterocycles. The van der Waals surface area contributed by atoms with Crippen LogP contribution in [0.1, 0.15) is 23.0 Å². The third kappa shape index (κ3) is 3.52. The molecule has 1 aromatic heterocycles. The fourth-order valence-electron chi connectivity index (χ4n) is 1.19. The van der Waals surface area contributed by atoms with Gasteiger partial charge in [0.15, 0.2) is 0 Å². The molecule has 1 unspecified atom stereocenters. The average Bonchev–Trinajstić information content (AvgIpc) is 2.85. The van der Waals surface area contributed by atoms with Gasteiger partial charge < -0.3 is 10.5 Å². The van der Waals surface area contributed by atoms with E-state index in [1.165, 1.54) is 18.6 Å². The van der Waals surface area contributed by atoms with E-state index in [-0.39, 0.29) is 22.4 Å². The Kier molecular flexibility index (Phi) is 5.27. The number of carbonyl (C=O) groups is 1. The van der Waals surface area contributed by atoms with Crippen molar-refractivity contribution in [3.05, 3.63) is 16.3 Å². The Bertz CT molecular complexity index is 510. The molecule has 1 rings (SSSR count). The number of sulfonamides is 1. The van der Waals surface area contributed by atoms with Crippen LogP contribution in [0.4, 0.5) is 0 Å². The first-order valence-electron chi connectivity index (χ1n) is 5.33. The molecule has 0 aliphatic heterocycles. The summed E-state index contributed by atoms with van der Waals surface area (Å²) >= 11 is 1.02. The van der Waals surface area contributed by atoms with Gasteiger partial charge >= 0.3 is 5.97 Å². The lowest BCUT2D eigenvalue weighted by Crippen LogP contribution is -2.37. The van der Waals surface area contributed by atoms with E-state index in [9.17, 15) is 13.2 Å². The summed E-state index contributed by atoms with van der Waals surface area (Å²) in [6.45, 7) is 2.00. The molecule has 0 spiro atoms. The lowest BCUT2D eigenvalue weighted by molar-refractivity contribution is 0.0602. The molecule has 1 aromatic rings. The molecule has 8 heteroatoms. The van der Waals surface area contributed by atoms with Gasteiger partial charge in [-0.15, -0.1) is 11.3 Å². The second-order valence-electron chi connectivity index (χ2n) is 3.63. The van der Waals surface area contributed by atoms with Gasteiger partial charge in [0.25, 0.3) is 0 Å². The van der Waals surface area contributed by atoms with Crippen molar-refractivity contribution >= 4 is 27.3 Å². The third-order valence-electron chi connectivity index (χ3n) is 2.35. The van der Waals surface area contributed by atoms with Crippen molar-refractivity contribution in [2.24, 2.45) is 5.73 Å². The molecule has 0 radical (unpaired) electrons. The van der Waals surface area contributed by atoms with Crippen molar-refractivity contribution in [1.82, 2.24) is 4.72 Å². The van der Waals surface area contributed by atoms with Gasteiger partial charge in [-0.1, -0.05) is 6.92 Å². The van der Waals surface area contributed by atoms with E-state index < -0.39 is 16.0 Å². The topological polar surface area (TPSA) is 98.5 Å². The van der Waals surface area contributed by atoms with Crippen LogP contribution in [0.5, 0.6) is 0 Å². The minimum Gasteiger partial charge on any atom is -0.465 e. The zero-order valence-corrected chi connectivity index (χ0v) is 11.8. The van der Waals surface area contributed by atoms with E-state index in [2.05, 4.69) is 9.46 Å². The normalized spacial score (nSPS) is 13.3. The van der Waals surface area contributed by atoms with E-state index in [0.29, 0.717) is 6.42 Å². The molecule has 0 saturated heterocycles. The number of thiophene rings is 1. The minimum atomic E-state index is -3.73. The predicted octanol–water partition coefficient (Wildman–Crippen LogP) is 0.550. The van der Waals surface area contributed by atoms with E-state index in [4.69, 9.17) is 5.73 Å². The molecule has 3 N–H and O–H groups in total. The van der Waals surface area contributed by atoms with Gasteiger partial charge in [0.2, 0.25) is 10.0 Å². The first-order valence-corrected chi connectivity index (χ1v) is 7.69. The van der Waals surface area contributed by atoms with Gasteiger partial charge in [-0.25, -0.2) is 17.9 Å². The zero-order valence-electron chi connectivity index (χ0n) is 10.2. The number of hydrogen-bond acceptors (Lipinski definition) is 6. The van der Waals surface area contributed by atoms with Gasteiger partial charge in [0.05, 0.1) is 7.11 Å². The Balaban J connectivity index is 2.92. The molecule has 0 aliphatic rings. The second-order valence-corrected chi connectivity index (χ2v) is 6.28. The SMILES string of the molecule is CCC(N)CNS(=O)(=O)c1ccsc1C(=O)OC. The van der Waals surface area contributed by atoms with Crippen LogP contribution in [-0.2, 0) is 14.8 Å². The third-order valence-corrected chi connectivity index (χ3v) is 4.84. The molecule has 0 amide bonds. The maximum Gasteiger partial charge on any atom is 0.349 e. The van der Waals surface area contributed by atoms with Crippen LogP contribution in [0.25, 0.3) is 0 Å². The number of nitrogens with two attached hydrogens (primary N) is 1. The van der Waals surface area contributed by atoms with Crippen LogP contribution in [0, 0.1) is 0 Å². The number of rotatable bonds is 6. The fraction of sp³-hybridized carbons (Fsp3) is 0.500. The van der Waals surface area contributed by atoms with E-state index in [0.717, 1.165) is 11.3 Å². The van der Waals surface area contributed by atoms with Gasteiger partial charge in [-0.2, -0.15) is 0 Å². The highest BCUT2D eigenvalue weighted by Crippen LogP contribution is 2.22. The quantitative estimate of drug-likeness (QED) is 0.746.